The quantitative estimate of drug-likeness (QED) is 0.108. The van der Waals surface area contributed by atoms with Crippen LogP contribution in [0.15, 0.2) is 24.3 Å². The Bertz CT molecular complexity index is 589. The molecule has 1 aliphatic carbocycles. The van der Waals surface area contributed by atoms with Crippen molar-refractivity contribution in [3.05, 3.63) is 24.3 Å². The molecule has 0 bridgehead atoms. The number of unbranched alkanes of at least 4 members (excludes halogenated alkanes) is 9. The van der Waals surface area contributed by atoms with Crippen LogP contribution in [0.25, 0.3) is 0 Å². The summed E-state index contributed by atoms with van der Waals surface area (Å²) in [7, 11) is -3.86. The SMILES string of the molecule is CCCCCCCCC[PH+](C1(F)C=CC=CC1)C(F)(F)C(F)(F)C(F)(F)CCCCCC. The first-order valence-corrected chi connectivity index (χ1v) is 13.7. The molecule has 0 nitrogen and oxygen atoms in total. The van der Waals surface area contributed by atoms with Crippen LogP contribution in [0.5, 0.6) is 0 Å². The smallest absolute Gasteiger partial charge is 0.199 e. The molecule has 0 saturated heterocycles. The van der Waals surface area contributed by atoms with E-state index in [2.05, 4.69) is 6.92 Å². The van der Waals surface area contributed by atoms with Gasteiger partial charge in [0.2, 0.25) is 5.41 Å². The second-order valence-electron chi connectivity index (χ2n) is 8.87. The monoisotopic (exact) mass is 491 g/mol. The molecule has 2 unspecified atom stereocenters. The van der Waals surface area contributed by atoms with Crippen molar-refractivity contribution in [2.75, 3.05) is 6.16 Å². The summed E-state index contributed by atoms with van der Waals surface area (Å²) in [5.74, 6) is -10.5. The number of alkyl halides is 7. The fourth-order valence-electron chi connectivity index (χ4n) is 4.05. The van der Waals surface area contributed by atoms with E-state index in [9.17, 15) is 17.6 Å². The first-order valence-electron chi connectivity index (χ1n) is 12.0. The van der Waals surface area contributed by atoms with Crippen molar-refractivity contribution < 1.29 is 30.7 Å². The van der Waals surface area contributed by atoms with Crippen molar-refractivity contribution in [1.29, 1.82) is 0 Å². The summed E-state index contributed by atoms with van der Waals surface area (Å²) in [5, 5.41) is -2.69. The Balaban J connectivity index is 2.98. The van der Waals surface area contributed by atoms with Gasteiger partial charge >= 0.3 is 17.5 Å². The molecule has 0 N–H and O–H groups in total. The Kier molecular flexibility index (Phi) is 12.3. The van der Waals surface area contributed by atoms with Gasteiger partial charge in [0.15, 0.2) is 0 Å². The molecular formula is C24H39F7P+. The van der Waals surface area contributed by atoms with Crippen molar-refractivity contribution in [3.8, 4) is 0 Å². The fraction of sp³-hybridized carbons (Fsp3) is 0.833. The summed E-state index contributed by atoms with van der Waals surface area (Å²) in [6.45, 7) is 3.88. The van der Waals surface area contributed by atoms with Gasteiger partial charge in [0.1, 0.15) is 7.92 Å². The van der Waals surface area contributed by atoms with Crippen LogP contribution in [0.4, 0.5) is 30.7 Å². The Morgan fingerprint density at radius 3 is 1.81 bits per heavy atom. The van der Waals surface area contributed by atoms with Gasteiger partial charge < -0.3 is 0 Å². The van der Waals surface area contributed by atoms with Gasteiger partial charge in [-0.25, -0.2) is 0 Å². The lowest BCUT2D eigenvalue weighted by molar-refractivity contribution is -0.281. The number of allylic oxidation sites excluding steroid dienone is 4. The number of hydrogen-bond donors (Lipinski definition) is 0. The van der Waals surface area contributed by atoms with Gasteiger partial charge in [0.05, 0.1) is 6.16 Å². The molecule has 0 aromatic rings. The molecule has 0 fully saturated rings. The van der Waals surface area contributed by atoms with Crippen LogP contribution in [0.1, 0.15) is 97.3 Å². The third kappa shape index (κ3) is 7.74. The number of rotatable bonds is 17. The lowest BCUT2D eigenvalue weighted by Gasteiger charge is -2.37. The fourth-order valence-corrected chi connectivity index (χ4v) is 7.13. The molecular weight excluding hydrogens is 452 g/mol. The summed E-state index contributed by atoms with van der Waals surface area (Å²) in [5.41, 5.74) is -5.08. The normalized spacial score (nSPS) is 20.7. The zero-order valence-corrected chi connectivity index (χ0v) is 20.4. The predicted molar refractivity (Wildman–Crippen MR) is 122 cm³/mol. The zero-order valence-electron chi connectivity index (χ0n) is 19.4. The Hall–Kier alpha value is -0.580. The molecule has 0 amide bonds. The Morgan fingerprint density at radius 2 is 1.28 bits per heavy atom. The van der Waals surface area contributed by atoms with Gasteiger partial charge in [-0.15, -0.1) is 0 Å². The van der Waals surface area contributed by atoms with Crippen LogP contribution >= 0.6 is 7.92 Å². The predicted octanol–water partition coefficient (Wildman–Crippen LogP) is 9.97. The minimum absolute atomic E-state index is 0.136. The lowest BCUT2D eigenvalue weighted by atomic mass is 10.0. The maximum absolute atomic E-state index is 15.5. The molecule has 0 aliphatic heterocycles. The van der Waals surface area contributed by atoms with Crippen molar-refractivity contribution >= 4 is 7.92 Å². The van der Waals surface area contributed by atoms with E-state index in [1.807, 2.05) is 6.92 Å². The zero-order chi connectivity index (χ0) is 24.3. The largest absolute Gasteiger partial charge is 0.422 e. The van der Waals surface area contributed by atoms with Crippen LogP contribution < -0.4 is 0 Å². The minimum atomic E-state index is -5.59. The molecule has 188 valence electrons. The minimum Gasteiger partial charge on any atom is -0.199 e. The van der Waals surface area contributed by atoms with Crippen molar-refractivity contribution in [1.82, 2.24) is 0 Å². The van der Waals surface area contributed by atoms with Gasteiger partial charge in [-0.1, -0.05) is 83.4 Å². The second kappa shape index (κ2) is 13.3. The van der Waals surface area contributed by atoms with E-state index >= 15 is 13.2 Å². The molecule has 0 saturated carbocycles. The molecule has 0 heterocycles. The Labute approximate surface area is 189 Å². The van der Waals surface area contributed by atoms with Gasteiger partial charge in [-0.3, -0.25) is 0 Å². The molecule has 0 radical (unpaired) electrons. The summed E-state index contributed by atoms with van der Waals surface area (Å²) in [6.07, 6.45) is 9.17. The van der Waals surface area contributed by atoms with E-state index in [0.29, 0.717) is 19.3 Å². The van der Waals surface area contributed by atoms with E-state index in [1.165, 1.54) is 18.2 Å². The third-order valence-electron chi connectivity index (χ3n) is 6.13. The molecule has 1 aliphatic rings. The van der Waals surface area contributed by atoms with E-state index in [-0.39, 0.29) is 19.3 Å². The molecule has 2 atom stereocenters. The molecule has 32 heavy (non-hydrogen) atoms. The molecule has 0 aromatic heterocycles. The summed E-state index contributed by atoms with van der Waals surface area (Å²) in [4.78, 5) is 0. The molecule has 1 rings (SSSR count). The average molecular weight is 492 g/mol. The van der Waals surface area contributed by atoms with Crippen LogP contribution in [0, 0.1) is 0 Å². The molecule has 0 aromatic carbocycles. The summed E-state index contributed by atoms with van der Waals surface area (Å²) in [6, 6.07) is 0. The van der Waals surface area contributed by atoms with Crippen molar-refractivity contribution in [3.63, 3.8) is 0 Å². The second-order valence-corrected chi connectivity index (χ2v) is 11.8. The lowest BCUT2D eigenvalue weighted by Crippen LogP contribution is -2.55. The van der Waals surface area contributed by atoms with Crippen LogP contribution in [0.2, 0.25) is 0 Å². The first-order chi connectivity index (χ1) is 15.0. The summed E-state index contributed by atoms with van der Waals surface area (Å²) >= 11 is 0. The molecule has 0 spiro atoms. The Morgan fingerprint density at radius 1 is 0.750 bits per heavy atom. The highest BCUT2D eigenvalue weighted by Gasteiger charge is 2.80. The van der Waals surface area contributed by atoms with Crippen LogP contribution in [0.3, 0.4) is 0 Å². The van der Waals surface area contributed by atoms with Gasteiger partial charge in [0.25, 0.3) is 0 Å². The van der Waals surface area contributed by atoms with Crippen molar-refractivity contribution in [2.24, 2.45) is 0 Å². The summed E-state index contributed by atoms with van der Waals surface area (Å²) < 4.78 is 104. The number of hydrogen-bond acceptors (Lipinski definition) is 0. The maximum Gasteiger partial charge on any atom is 0.422 e. The van der Waals surface area contributed by atoms with Gasteiger partial charge in [-0.05, 0) is 25.3 Å². The third-order valence-corrected chi connectivity index (χ3v) is 9.43. The standard InChI is InChI=1S/C24H38F7P/c1-3-5-7-9-10-11-16-20-32(21(25)17-13-12-14-18-21)24(30,31)23(28,29)22(26,27)19-15-8-6-4-2/h12-14,17H,3-11,15-16,18-20H2,1-2H3/p+1. The number of halogens is 7. The van der Waals surface area contributed by atoms with Crippen LogP contribution in [-0.4, -0.2) is 29.1 Å². The topological polar surface area (TPSA) is 0 Å². The van der Waals surface area contributed by atoms with E-state index < -0.39 is 49.8 Å². The highest BCUT2D eigenvalue weighted by molar-refractivity contribution is 7.60. The van der Waals surface area contributed by atoms with Crippen molar-refractivity contribution in [2.45, 2.75) is 120 Å². The maximum atomic E-state index is 15.5. The van der Waals surface area contributed by atoms with E-state index in [4.69, 9.17) is 0 Å². The van der Waals surface area contributed by atoms with Gasteiger partial charge in [0, 0.05) is 12.8 Å². The highest BCUT2D eigenvalue weighted by atomic mass is 31.1. The van der Waals surface area contributed by atoms with Crippen LogP contribution in [-0.2, 0) is 0 Å². The van der Waals surface area contributed by atoms with E-state index in [0.717, 1.165) is 38.2 Å². The highest BCUT2D eigenvalue weighted by Crippen LogP contribution is 2.71. The molecule has 8 heteroatoms. The van der Waals surface area contributed by atoms with Gasteiger partial charge in [-0.2, -0.15) is 30.7 Å². The average Bonchev–Trinajstić information content (AvgIpc) is 2.73. The van der Waals surface area contributed by atoms with E-state index in [1.54, 1.807) is 0 Å². The first kappa shape index (κ1) is 29.5.